The van der Waals surface area contributed by atoms with Gasteiger partial charge in [0.1, 0.15) is 17.4 Å². The molecule has 22 heavy (non-hydrogen) atoms. The summed E-state index contributed by atoms with van der Waals surface area (Å²) >= 11 is 3.18. The molecule has 4 nitrogen and oxygen atoms in total. The molecule has 0 saturated heterocycles. The topological polar surface area (TPSA) is 66.0 Å². The second-order valence-electron chi connectivity index (χ2n) is 4.66. The van der Waals surface area contributed by atoms with Gasteiger partial charge in [0.2, 0.25) is 0 Å². The van der Waals surface area contributed by atoms with Gasteiger partial charge in [0.05, 0.1) is 0 Å². The van der Waals surface area contributed by atoms with Crippen LogP contribution in [0.5, 0.6) is 0 Å². The van der Waals surface area contributed by atoms with Crippen LogP contribution in [-0.4, -0.2) is 12.5 Å². The molecule has 0 saturated carbocycles. The van der Waals surface area contributed by atoms with E-state index >= 15 is 0 Å². The van der Waals surface area contributed by atoms with Crippen molar-refractivity contribution in [3.63, 3.8) is 0 Å². The van der Waals surface area contributed by atoms with Gasteiger partial charge in [-0.05, 0) is 46.5 Å². The fourth-order valence-corrected chi connectivity index (χ4v) is 2.25. The number of benzene rings is 1. The van der Waals surface area contributed by atoms with Crippen LogP contribution in [0, 0.1) is 11.3 Å². The summed E-state index contributed by atoms with van der Waals surface area (Å²) in [5.41, 5.74) is 1.26. The van der Waals surface area contributed by atoms with Gasteiger partial charge in [-0.25, -0.2) is 0 Å². The Morgan fingerprint density at radius 3 is 2.68 bits per heavy atom. The van der Waals surface area contributed by atoms with E-state index in [1.807, 2.05) is 24.3 Å². The normalized spacial score (nSPS) is 11.0. The molecule has 1 amide bonds. The van der Waals surface area contributed by atoms with Crippen LogP contribution < -0.4 is 5.32 Å². The number of hydrogen-bond acceptors (Lipinski definition) is 3. The molecule has 1 heterocycles. The molecule has 112 valence electrons. The lowest BCUT2D eigenvalue weighted by Gasteiger charge is -2.04. The summed E-state index contributed by atoms with van der Waals surface area (Å²) in [5, 5.41) is 11.8. The summed E-state index contributed by atoms with van der Waals surface area (Å²) in [6, 6.07) is 15.3. The lowest BCUT2D eigenvalue weighted by atomic mass is 10.1. The van der Waals surface area contributed by atoms with Gasteiger partial charge in [-0.15, -0.1) is 0 Å². The predicted molar refractivity (Wildman–Crippen MR) is 87.8 cm³/mol. The number of carbonyl (C=O) groups is 1. The van der Waals surface area contributed by atoms with Crippen molar-refractivity contribution in [1.82, 2.24) is 5.32 Å². The minimum atomic E-state index is -0.386. The molecular weight excluding hydrogens is 344 g/mol. The average molecular weight is 359 g/mol. The smallest absolute Gasteiger partial charge is 0.262 e. The molecular formula is C17H15BrN2O2. The molecule has 0 spiro atoms. The molecule has 5 heteroatoms. The van der Waals surface area contributed by atoms with Gasteiger partial charge < -0.3 is 9.73 Å². The highest BCUT2D eigenvalue weighted by Gasteiger charge is 2.09. The Kier molecular flexibility index (Phi) is 5.99. The first-order valence-corrected chi connectivity index (χ1v) is 7.67. The summed E-state index contributed by atoms with van der Waals surface area (Å²) in [7, 11) is 0. The zero-order valence-corrected chi connectivity index (χ0v) is 13.5. The van der Waals surface area contributed by atoms with Crippen molar-refractivity contribution < 1.29 is 9.21 Å². The second kappa shape index (κ2) is 8.20. The van der Waals surface area contributed by atoms with Gasteiger partial charge in [0.25, 0.3) is 5.91 Å². The van der Waals surface area contributed by atoms with Crippen LogP contribution in [0.15, 0.2) is 57.1 Å². The first kappa shape index (κ1) is 16.1. The second-order valence-corrected chi connectivity index (χ2v) is 5.44. The Balaban J connectivity index is 1.83. The summed E-state index contributed by atoms with van der Waals surface area (Å²) in [4.78, 5) is 11.9. The first-order chi connectivity index (χ1) is 10.7. The fourth-order valence-electron chi connectivity index (χ4n) is 1.93. The Labute approximate surface area is 137 Å². The van der Waals surface area contributed by atoms with Crippen molar-refractivity contribution in [3.05, 3.63) is 64.0 Å². The van der Waals surface area contributed by atoms with E-state index in [4.69, 9.17) is 9.68 Å². The Hall–Kier alpha value is -2.32. The van der Waals surface area contributed by atoms with E-state index in [9.17, 15) is 4.79 Å². The highest BCUT2D eigenvalue weighted by atomic mass is 79.9. The monoisotopic (exact) mass is 358 g/mol. The van der Waals surface area contributed by atoms with E-state index in [0.29, 0.717) is 17.0 Å². The third-order valence-electron chi connectivity index (χ3n) is 3.02. The predicted octanol–water partition coefficient (Wildman–Crippen LogP) is 3.70. The number of amides is 1. The van der Waals surface area contributed by atoms with Gasteiger partial charge in [-0.2, -0.15) is 5.26 Å². The largest absolute Gasteiger partial charge is 0.450 e. The standard InChI is InChI=1S/C17H15BrN2O2/c18-16-9-8-15(22-16)11-14(12-19)17(21)20-10-4-7-13-5-2-1-3-6-13/h1-3,5-6,8-9,11H,4,7,10H2,(H,20,21)/b14-11-. The van der Waals surface area contributed by atoms with Crippen LogP contribution in [-0.2, 0) is 11.2 Å². The molecule has 2 rings (SSSR count). The minimum absolute atomic E-state index is 0.0292. The summed E-state index contributed by atoms with van der Waals surface area (Å²) in [6.45, 7) is 0.522. The zero-order chi connectivity index (χ0) is 15.8. The summed E-state index contributed by atoms with van der Waals surface area (Å²) in [5.74, 6) is 0.0749. The van der Waals surface area contributed by atoms with Crippen LogP contribution >= 0.6 is 15.9 Å². The molecule has 2 aromatic rings. The Morgan fingerprint density at radius 2 is 2.05 bits per heavy atom. The molecule has 0 aliphatic rings. The van der Waals surface area contributed by atoms with Crippen molar-refractivity contribution in [2.75, 3.05) is 6.54 Å². The maximum absolute atomic E-state index is 11.9. The van der Waals surface area contributed by atoms with Crippen LogP contribution in [0.3, 0.4) is 0 Å². The number of nitrogens with zero attached hydrogens (tertiary/aromatic N) is 1. The molecule has 1 N–H and O–H groups in total. The van der Waals surface area contributed by atoms with E-state index in [0.717, 1.165) is 12.8 Å². The van der Waals surface area contributed by atoms with Crippen LogP contribution in [0.4, 0.5) is 0 Å². The molecule has 0 radical (unpaired) electrons. The lowest BCUT2D eigenvalue weighted by Crippen LogP contribution is -2.25. The van der Waals surface area contributed by atoms with Crippen molar-refractivity contribution in [2.24, 2.45) is 0 Å². The van der Waals surface area contributed by atoms with E-state index in [1.165, 1.54) is 11.6 Å². The SMILES string of the molecule is N#C/C(=C/c1ccc(Br)o1)C(=O)NCCCc1ccccc1. The minimum Gasteiger partial charge on any atom is -0.450 e. The number of hydrogen-bond donors (Lipinski definition) is 1. The van der Waals surface area contributed by atoms with Gasteiger partial charge in [0.15, 0.2) is 4.67 Å². The van der Waals surface area contributed by atoms with Crippen molar-refractivity contribution in [2.45, 2.75) is 12.8 Å². The fraction of sp³-hybridized carbons (Fsp3) is 0.176. The first-order valence-electron chi connectivity index (χ1n) is 6.88. The number of carbonyl (C=O) groups excluding carboxylic acids is 1. The van der Waals surface area contributed by atoms with Crippen LogP contribution in [0.25, 0.3) is 6.08 Å². The Bertz CT molecular complexity index is 699. The number of halogens is 1. The summed E-state index contributed by atoms with van der Waals surface area (Å²) < 4.78 is 5.81. The van der Waals surface area contributed by atoms with Crippen molar-refractivity contribution in [1.29, 1.82) is 5.26 Å². The van der Waals surface area contributed by atoms with E-state index in [1.54, 1.807) is 12.1 Å². The van der Waals surface area contributed by atoms with Crippen molar-refractivity contribution >= 4 is 27.9 Å². The highest BCUT2D eigenvalue weighted by molar-refractivity contribution is 9.10. The average Bonchev–Trinajstić information content (AvgIpc) is 2.95. The molecule has 0 atom stereocenters. The Morgan fingerprint density at radius 1 is 1.27 bits per heavy atom. The van der Waals surface area contributed by atoms with E-state index in [-0.39, 0.29) is 11.5 Å². The van der Waals surface area contributed by atoms with Crippen LogP contribution in [0.1, 0.15) is 17.7 Å². The molecule has 1 aromatic carbocycles. The molecule has 0 aliphatic carbocycles. The molecule has 1 aromatic heterocycles. The molecule has 0 aliphatic heterocycles. The number of nitrogens with one attached hydrogen (secondary N) is 1. The highest BCUT2D eigenvalue weighted by Crippen LogP contribution is 2.16. The molecule has 0 fully saturated rings. The number of rotatable bonds is 6. The molecule has 0 unspecified atom stereocenters. The molecule has 0 bridgehead atoms. The zero-order valence-electron chi connectivity index (χ0n) is 11.9. The van der Waals surface area contributed by atoms with Gasteiger partial charge >= 0.3 is 0 Å². The number of aryl methyl sites for hydroxylation is 1. The van der Waals surface area contributed by atoms with E-state index < -0.39 is 0 Å². The lowest BCUT2D eigenvalue weighted by molar-refractivity contribution is -0.117. The maximum Gasteiger partial charge on any atom is 0.262 e. The third kappa shape index (κ3) is 4.90. The van der Waals surface area contributed by atoms with Gasteiger partial charge in [-0.1, -0.05) is 30.3 Å². The maximum atomic E-state index is 11.9. The summed E-state index contributed by atoms with van der Waals surface area (Å²) in [6.07, 6.45) is 3.13. The number of furan rings is 1. The quantitative estimate of drug-likeness (QED) is 0.486. The van der Waals surface area contributed by atoms with Gasteiger partial charge in [0, 0.05) is 12.6 Å². The third-order valence-corrected chi connectivity index (χ3v) is 3.44. The van der Waals surface area contributed by atoms with Crippen molar-refractivity contribution in [3.8, 4) is 6.07 Å². The van der Waals surface area contributed by atoms with Crippen LogP contribution in [0.2, 0.25) is 0 Å². The van der Waals surface area contributed by atoms with Gasteiger partial charge in [-0.3, -0.25) is 4.79 Å². The number of nitriles is 1. The van der Waals surface area contributed by atoms with E-state index in [2.05, 4.69) is 33.4 Å².